The molecule has 1 aromatic carbocycles. The van der Waals surface area contributed by atoms with Gasteiger partial charge in [-0.25, -0.2) is 14.8 Å². The van der Waals surface area contributed by atoms with Crippen molar-refractivity contribution in [3.05, 3.63) is 30.1 Å². The van der Waals surface area contributed by atoms with Crippen molar-refractivity contribution in [2.24, 2.45) is 5.92 Å². The monoisotopic (exact) mass is 416 g/mol. The van der Waals surface area contributed by atoms with E-state index in [0.29, 0.717) is 21.9 Å². The van der Waals surface area contributed by atoms with E-state index in [1.165, 1.54) is 43.4 Å². The number of phenolic OH excluding ortho intramolecular Hbond substituents is 1. The van der Waals surface area contributed by atoms with Gasteiger partial charge in [0.15, 0.2) is 5.65 Å². The Kier molecular flexibility index (Phi) is 5.87. The molecule has 2 heterocycles. The molecule has 0 saturated heterocycles. The predicted octanol–water partition coefficient (Wildman–Crippen LogP) is 2.18. The van der Waals surface area contributed by atoms with Crippen LogP contribution in [0.25, 0.3) is 11.2 Å². The van der Waals surface area contributed by atoms with Crippen LogP contribution >= 0.6 is 11.8 Å². The number of esters is 1. The van der Waals surface area contributed by atoms with E-state index in [0.717, 1.165) is 0 Å². The second-order valence-corrected chi connectivity index (χ2v) is 7.61. The van der Waals surface area contributed by atoms with Crippen molar-refractivity contribution in [1.29, 1.82) is 0 Å². The normalized spacial score (nSPS) is 12.1. The van der Waals surface area contributed by atoms with E-state index in [1.54, 1.807) is 0 Å². The molecule has 0 fully saturated rings. The van der Waals surface area contributed by atoms with Crippen LogP contribution in [0.3, 0.4) is 0 Å². The minimum atomic E-state index is -0.702. The maximum Gasteiger partial charge on any atom is 0.341 e. The Morgan fingerprint density at radius 1 is 1.31 bits per heavy atom. The summed E-state index contributed by atoms with van der Waals surface area (Å²) in [6.07, 6.45) is 1.48. The van der Waals surface area contributed by atoms with E-state index in [2.05, 4.69) is 30.0 Å². The second kappa shape index (κ2) is 8.35. The number of aromatic amines is 1. The van der Waals surface area contributed by atoms with Gasteiger partial charge in [-0.05, 0) is 24.1 Å². The lowest BCUT2D eigenvalue weighted by atomic mass is 10.1. The number of aromatic hydroxyl groups is 1. The number of aromatic nitrogens is 4. The number of anilines is 2. The Labute approximate surface area is 170 Å². The molecule has 5 N–H and O–H groups in total. The highest BCUT2D eigenvalue weighted by atomic mass is 32.2. The molecule has 0 aliphatic heterocycles. The van der Waals surface area contributed by atoms with Crippen LogP contribution in [0, 0.1) is 5.92 Å². The summed E-state index contributed by atoms with van der Waals surface area (Å²) in [6, 6.07) is 4.17. The fraction of sp³-hybridized carbons (Fsp3) is 0.278. The molecule has 0 aliphatic carbocycles. The molecule has 1 amide bonds. The number of carbonyl (C=O) groups excluding carboxylic acids is 2. The number of imidazole rings is 1. The SMILES string of the molecule is COC(=O)c1cc(NC(=O)C(Sc2nc(N)nc3nc[nH]c23)C(C)C)ccc1O. The van der Waals surface area contributed by atoms with Crippen molar-refractivity contribution in [3.8, 4) is 5.75 Å². The maximum atomic E-state index is 12.9. The van der Waals surface area contributed by atoms with Gasteiger partial charge < -0.3 is 25.9 Å². The van der Waals surface area contributed by atoms with E-state index in [-0.39, 0.29) is 29.1 Å². The van der Waals surface area contributed by atoms with Gasteiger partial charge in [-0.2, -0.15) is 4.98 Å². The number of nitrogens with one attached hydrogen (secondary N) is 2. The Morgan fingerprint density at radius 3 is 2.76 bits per heavy atom. The predicted molar refractivity (Wildman–Crippen MR) is 109 cm³/mol. The highest BCUT2D eigenvalue weighted by Crippen LogP contribution is 2.32. The first-order valence-electron chi connectivity index (χ1n) is 8.65. The topological polar surface area (TPSA) is 156 Å². The average molecular weight is 416 g/mol. The van der Waals surface area contributed by atoms with E-state index < -0.39 is 11.2 Å². The average Bonchev–Trinajstić information content (AvgIpc) is 3.14. The third-order valence-corrected chi connectivity index (χ3v) is 5.57. The van der Waals surface area contributed by atoms with Crippen LogP contribution in [-0.4, -0.2) is 49.3 Å². The highest BCUT2D eigenvalue weighted by molar-refractivity contribution is 8.00. The Balaban J connectivity index is 1.85. The number of ether oxygens (including phenoxy) is 1. The molecule has 0 radical (unpaired) electrons. The summed E-state index contributed by atoms with van der Waals surface area (Å²) < 4.78 is 4.64. The number of phenols is 1. The smallest absolute Gasteiger partial charge is 0.341 e. The zero-order valence-corrected chi connectivity index (χ0v) is 16.8. The maximum absolute atomic E-state index is 12.9. The highest BCUT2D eigenvalue weighted by Gasteiger charge is 2.26. The molecular weight excluding hydrogens is 396 g/mol. The third-order valence-electron chi connectivity index (χ3n) is 4.04. The molecule has 0 aliphatic rings. The molecule has 1 atom stereocenters. The molecule has 152 valence electrons. The van der Waals surface area contributed by atoms with Crippen LogP contribution in [0.1, 0.15) is 24.2 Å². The minimum Gasteiger partial charge on any atom is -0.507 e. The summed E-state index contributed by atoms with van der Waals surface area (Å²) in [4.78, 5) is 40.0. The number of rotatable bonds is 6. The lowest BCUT2D eigenvalue weighted by Gasteiger charge is -2.20. The van der Waals surface area contributed by atoms with E-state index in [4.69, 9.17) is 5.73 Å². The van der Waals surface area contributed by atoms with E-state index in [1.807, 2.05) is 13.8 Å². The first kappa shape index (κ1) is 20.4. The molecule has 0 bridgehead atoms. The molecular formula is C18H20N6O4S. The number of H-pyrrole nitrogens is 1. The summed E-state index contributed by atoms with van der Waals surface area (Å²) in [5, 5.41) is 12.6. The molecule has 10 nitrogen and oxygen atoms in total. The quantitative estimate of drug-likeness (QED) is 0.205. The van der Waals surface area contributed by atoms with Crippen LogP contribution in [0.2, 0.25) is 0 Å². The van der Waals surface area contributed by atoms with Gasteiger partial charge in [0.1, 0.15) is 21.9 Å². The first-order chi connectivity index (χ1) is 13.8. The number of nitrogen functional groups attached to an aromatic ring is 1. The van der Waals surface area contributed by atoms with Gasteiger partial charge in [-0.3, -0.25) is 4.79 Å². The third kappa shape index (κ3) is 4.40. The molecule has 1 unspecified atom stereocenters. The largest absolute Gasteiger partial charge is 0.507 e. The number of methoxy groups -OCH3 is 1. The van der Waals surface area contributed by atoms with Crippen LogP contribution < -0.4 is 11.1 Å². The number of thioether (sulfide) groups is 1. The van der Waals surface area contributed by atoms with Crippen LogP contribution in [0.5, 0.6) is 5.75 Å². The molecule has 29 heavy (non-hydrogen) atoms. The van der Waals surface area contributed by atoms with Crippen molar-refractivity contribution in [2.45, 2.75) is 24.1 Å². The van der Waals surface area contributed by atoms with Crippen LogP contribution in [0.4, 0.5) is 11.6 Å². The minimum absolute atomic E-state index is 0.0400. The molecule has 2 aromatic heterocycles. The van der Waals surface area contributed by atoms with Gasteiger partial charge in [0, 0.05) is 5.69 Å². The first-order valence-corrected chi connectivity index (χ1v) is 9.53. The van der Waals surface area contributed by atoms with Gasteiger partial charge in [-0.15, -0.1) is 0 Å². The van der Waals surface area contributed by atoms with Crippen molar-refractivity contribution >= 4 is 46.4 Å². The van der Waals surface area contributed by atoms with Crippen LogP contribution in [0.15, 0.2) is 29.6 Å². The zero-order chi connectivity index (χ0) is 21.1. The fourth-order valence-corrected chi connectivity index (χ4v) is 3.71. The molecule has 0 saturated carbocycles. The molecule has 3 rings (SSSR count). The summed E-state index contributed by atoms with van der Waals surface area (Å²) in [6.45, 7) is 3.81. The lowest BCUT2D eigenvalue weighted by Crippen LogP contribution is -2.29. The van der Waals surface area contributed by atoms with Gasteiger partial charge >= 0.3 is 5.97 Å². The Bertz CT molecular complexity index is 1070. The van der Waals surface area contributed by atoms with Gasteiger partial charge in [-0.1, -0.05) is 25.6 Å². The number of benzene rings is 1. The standard InChI is InChI=1S/C18H20N6O4S/c1-8(2)13(29-16-12-14(21-7-20-12)23-18(19)24-16)15(26)22-9-4-5-11(25)10(6-9)17(27)28-3/h4-8,13,25H,1-3H3,(H,22,26)(H3,19,20,21,23,24). The summed E-state index contributed by atoms with van der Waals surface area (Å²) in [7, 11) is 1.21. The number of hydrogen-bond donors (Lipinski definition) is 4. The van der Waals surface area contributed by atoms with Crippen molar-refractivity contribution < 1.29 is 19.4 Å². The number of nitrogens with two attached hydrogens (primary N) is 1. The summed E-state index contributed by atoms with van der Waals surface area (Å²) in [5.74, 6) is -1.21. The Morgan fingerprint density at radius 2 is 2.07 bits per heavy atom. The molecule has 0 spiro atoms. The van der Waals surface area contributed by atoms with E-state index in [9.17, 15) is 14.7 Å². The number of fused-ring (bicyclic) bond motifs is 1. The Hall–Kier alpha value is -3.34. The number of hydrogen-bond acceptors (Lipinski definition) is 9. The molecule has 3 aromatic rings. The fourth-order valence-electron chi connectivity index (χ4n) is 2.62. The number of nitrogens with zero attached hydrogens (tertiary/aromatic N) is 3. The van der Waals surface area contributed by atoms with Gasteiger partial charge in [0.2, 0.25) is 11.9 Å². The van der Waals surface area contributed by atoms with Gasteiger partial charge in [0.25, 0.3) is 0 Å². The number of carbonyl (C=O) groups is 2. The summed E-state index contributed by atoms with van der Waals surface area (Å²) >= 11 is 1.24. The van der Waals surface area contributed by atoms with E-state index >= 15 is 0 Å². The molecule has 11 heteroatoms. The lowest BCUT2D eigenvalue weighted by molar-refractivity contribution is -0.116. The van der Waals surface area contributed by atoms with Crippen molar-refractivity contribution in [2.75, 3.05) is 18.2 Å². The second-order valence-electron chi connectivity index (χ2n) is 6.48. The number of amides is 1. The summed E-state index contributed by atoms with van der Waals surface area (Å²) in [5.41, 5.74) is 7.08. The van der Waals surface area contributed by atoms with Crippen molar-refractivity contribution in [1.82, 2.24) is 19.9 Å². The zero-order valence-electron chi connectivity index (χ0n) is 16.0. The van der Waals surface area contributed by atoms with Gasteiger partial charge in [0.05, 0.1) is 18.7 Å². The van der Waals surface area contributed by atoms with Crippen LogP contribution in [-0.2, 0) is 9.53 Å². The van der Waals surface area contributed by atoms with Crippen molar-refractivity contribution in [3.63, 3.8) is 0 Å².